The van der Waals surface area contributed by atoms with Gasteiger partial charge >= 0.3 is 0 Å². The molecule has 2 fully saturated rings. The number of aromatic nitrogens is 1. The molecular formula is C20H25FN4O3S. The Morgan fingerprint density at radius 1 is 1.14 bits per heavy atom. The summed E-state index contributed by atoms with van der Waals surface area (Å²) in [5.74, 6) is -0.377. The van der Waals surface area contributed by atoms with Crippen LogP contribution in [0.2, 0.25) is 0 Å². The zero-order valence-corrected chi connectivity index (χ0v) is 17.2. The minimum atomic E-state index is -3.22. The summed E-state index contributed by atoms with van der Waals surface area (Å²) in [5, 5.41) is 0.752. The molecule has 7 nitrogen and oxygen atoms in total. The molecule has 0 N–H and O–H groups in total. The number of hydrogen-bond donors (Lipinski definition) is 0. The zero-order chi connectivity index (χ0) is 20.6. The van der Waals surface area contributed by atoms with Gasteiger partial charge in [-0.2, -0.15) is 4.31 Å². The van der Waals surface area contributed by atoms with Gasteiger partial charge in [-0.1, -0.05) is 0 Å². The van der Waals surface area contributed by atoms with Crippen LogP contribution in [0.15, 0.2) is 30.5 Å². The average Bonchev–Trinajstić information content (AvgIpc) is 2.72. The van der Waals surface area contributed by atoms with Crippen molar-refractivity contribution in [1.29, 1.82) is 0 Å². The molecule has 2 aliphatic rings. The first-order chi connectivity index (χ1) is 13.8. The number of pyridine rings is 1. The molecule has 156 valence electrons. The van der Waals surface area contributed by atoms with E-state index in [1.807, 2.05) is 6.07 Å². The van der Waals surface area contributed by atoms with Gasteiger partial charge in [0.25, 0.3) is 0 Å². The van der Waals surface area contributed by atoms with E-state index in [-0.39, 0.29) is 17.6 Å². The molecule has 9 heteroatoms. The summed E-state index contributed by atoms with van der Waals surface area (Å²) < 4.78 is 38.6. The maximum atomic E-state index is 13.8. The van der Waals surface area contributed by atoms with Crippen molar-refractivity contribution >= 4 is 32.5 Å². The van der Waals surface area contributed by atoms with Crippen molar-refractivity contribution in [2.75, 3.05) is 50.4 Å². The Morgan fingerprint density at radius 2 is 1.90 bits per heavy atom. The van der Waals surface area contributed by atoms with Gasteiger partial charge in [-0.15, -0.1) is 0 Å². The maximum Gasteiger partial charge on any atom is 0.227 e. The van der Waals surface area contributed by atoms with Crippen LogP contribution in [0.4, 0.5) is 10.1 Å². The second-order valence-corrected chi connectivity index (χ2v) is 9.75. The van der Waals surface area contributed by atoms with E-state index in [1.165, 1.54) is 22.7 Å². The largest absolute Gasteiger partial charge is 0.370 e. The predicted octanol–water partition coefficient (Wildman–Crippen LogP) is 1.69. The molecule has 3 heterocycles. The molecule has 2 saturated heterocycles. The van der Waals surface area contributed by atoms with E-state index in [0.29, 0.717) is 32.7 Å². The van der Waals surface area contributed by atoms with E-state index in [2.05, 4.69) is 9.88 Å². The summed E-state index contributed by atoms with van der Waals surface area (Å²) in [7, 11) is -3.22. The van der Waals surface area contributed by atoms with Gasteiger partial charge in [0.15, 0.2) is 0 Å². The van der Waals surface area contributed by atoms with Gasteiger partial charge in [-0.05, 0) is 37.1 Å². The van der Waals surface area contributed by atoms with Crippen LogP contribution in [0.5, 0.6) is 0 Å². The first-order valence-electron chi connectivity index (χ1n) is 9.86. The quantitative estimate of drug-likeness (QED) is 0.756. The molecule has 0 saturated carbocycles. The van der Waals surface area contributed by atoms with Crippen molar-refractivity contribution < 1.29 is 17.6 Å². The lowest BCUT2D eigenvalue weighted by Crippen LogP contribution is -2.53. The molecule has 1 amide bonds. The third-order valence-corrected chi connectivity index (χ3v) is 7.11. The van der Waals surface area contributed by atoms with E-state index in [1.54, 1.807) is 17.2 Å². The number of carbonyl (C=O) groups excluding carboxylic acids is 1. The molecular weight excluding hydrogens is 395 g/mol. The zero-order valence-electron chi connectivity index (χ0n) is 16.4. The molecule has 4 rings (SSSR count). The maximum absolute atomic E-state index is 13.8. The van der Waals surface area contributed by atoms with Crippen molar-refractivity contribution in [1.82, 2.24) is 14.2 Å². The highest BCUT2D eigenvalue weighted by atomic mass is 32.2. The highest BCUT2D eigenvalue weighted by molar-refractivity contribution is 7.88. The van der Waals surface area contributed by atoms with Crippen LogP contribution < -0.4 is 4.90 Å². The first-order valence-corrected chi connectivity index (χ1v) is 11.7. The molecule has 1 aromatic carbocycles. The molecule has 2 aromatic rings. The number of sulfonamides is 1. The SMILES string of the molecule is CS(=O)(=O)N1CCN(C(=O)C2CCCN(c3ccnc4ccc(F)cc34)C2)CC1. The third kappa shape index (κ3) is 4.20. The number of piperidine rings is 1. The fourth-order valence-corrected chi connectivity index (χ4v) is 5.10. The molecule has 1 unspecified atom stereocenters. The van der Waals surface area contributed by atoms with E-state index in [9.17, 15) is 17.6 Å². The van der Waals surface area contributed by atoms with Gasteiger partial charge in [-0.25, -0.2) is 12.8 Å². The first kappa shape index (κ1) is 20.0. The average molecular weight is 421 g/mol. The lowest BCUT2D eigenvalue weighted by Gasteiger charge is -2.39. The van der Waals surface area contributed by atoms with E-state index in [4.69, 9.17) is 0 Å². The van der Waals surface area contributed by atoms with Gasteiger partial charge < -0.3 is 9.80 Å². The lowest BCUT2D eigenvalue weighted by atomic mass is 9.95. The van der Waals surface area contributed by atoms with Crippen LogP contribution in [-0.4, -0.2) is 74.0 Å². The fraction of sp³-hybridized carbons (Fsp3) is 0.500. The van der Waals surface area contributed by atoms with Gasteiger partial charge in [-0.3, -0.25) is 9.78 Å². The van der Waals surface area contributed by atoms with Crippen LogP contribution in [-0.2, 0) is 14.8 Å². The lowest BCUT2D eigenvalue weighted by molar-refractivity contribution is -0.137. The number of halogens is 1. The van der Waals surface area contributed by atoms with Crippen molar-refractivity contribution in [3.8, 4) is 0 Å². The van der Waals surface area contributed by atoms with Gasteiger partial charge in [0.05, 0.1) is 17.7 Å². The molecule has 0 spiro atoms. The second kappa shape index (κ2) is 7.87. The van der Waals surface area contributed by atoms with Gasteiger partial charge in [0.1, 0.15) is 5.82 Å². The summed E-state index contributed by atoms with van der Waals surface area (Å²) in [6.07, 6.45) is 4.59. The third-order valence-electron chi connectivity index (χ3n) is 5.81. The van der Waals surface area contributed by atoms with E-state index < -0.39 is 10.0 Å². The predicted molar refractivity (Wildman–Crippen MR) is 110 cm³/mol. The smallest absolute Gasteiger partial charge is 0.227 e. The number of benzene rings is 1. The van der Waals surface area contributed by atoms with Crippen molar-refractivity contribution in [2.45, 2.75) is 12.8 Å². The monoisotopic (exact) mass is 420 g/mol. The number of nitrogens with zero attached hydrogens (tertiary/aromatic N) is 4. The summed E-state index contributed by atoms with van der Waals surface area (Å²) >= 11 is 0. The number of hydrogen-bond acceptors (Lipinski definition) is 5. The van der Waals surface area contributed by atoms with Crippen LogP contribution in [0.25, 0.3) is 10.9 Å². The number of anilines is 1. The minimum Gasteiger partial charge on any atom is -0.370 e. The van der Waals surface area contributed by atoms with Crippen LogP contribution >= 0.6 is 0 Å². The Balaban J connectivity index is 1.48. The van der Waals surface area contributed by atoms with Crippen molar-refractivity contribution in [2.24, 2.45) is 5.92 Å². The summed E-state index contributed by atoms with van der Waals surface area (Å²) in [6.45, 7) is 2.91. The molecule has 29 heavy (non-hydrogen) atoms. The Labute approximate surface area is 170 Å². The van der Waals surface area contributed by atoms with Gasteiger partial charge in [0, 0.05) is 56.5 Å². The van der Waals surface area contributed by atoms with Crippen molar-refractivity contribution in [3.63, 3.8) is 0 Å². The Hall–Kier alpha value is -2.26. The molecule has 2 aliphatic heterocycles. The number of piperazine rings is 1. The van der Waals surface area contributed by atoms with E-state index in [0.717, 1.165) is 36.0 Å². The Morgan fingerprint density at radius 3 is 2.62 bits per heavy atom. The molecule has 0 aliphatic carbocycles. The summed E-state index contributed by atoms with van der Waals surface area (Å²) in [4.78, 5) is 21.3. The molecule has 1 aromatic heterocycles. The van der Waals surface area contributed by atoms with Crippen LogP contribution in [0, 0.1) is 11.7 Å². The second-order valence-electron chi connectivity index (χ2n) is 7.76. The summed E-state index contributed by atoms with van der Waals surface area (Å²) in [5.41, 5.74) is 1.63. The Bertz CT molecular complexity index is 1020. The fourth-order valence-electron chi connectivity index (χ4n) is 4.28. The van der Waals surface area contributed by atoms with Gasteiger partial charge in [0.2, 0.25) is 15.9 Å². The van der Waals surface area contributed by atoms with Crippen LogP contribution in [0.1, 0.15) is 12.8 Å². The minimum absolute atomic E-state index is 0.0763. The summed E-state index contributed by atoms with van der Waals surface area (Å²) in [6, 6.07) is 6.44. The van der Waals surface area contributed by atoms with E-state index >= 15 is 0 Å². The number of fused-ring (bicyclic) bond motifs is 1. The normalized spacial score (nSPS) is 21.5. The van der Waals surface area contributed by atoms with Crippen LogP contribution in [0.3, 0.4) is 0 Å². The topological polar surface area (TPSA) is 73.8 Å². The van der Waals surface area contributed by atoms with Crippen molar-refractivity contribution in [3.05, 3.63) is 36.3 Å². The Kier molecular flexibility index (Phi) is 5.44. The molecule has 0 bridgehead atoms. The number of amides is 1. The highest BCUT2D eigenvalue weighted by Gasteiger charge is 2.33. The molecule has 0 radical (unpaired) electrons. The number of rotatable bonds is 3. The molecule has 1 atom stereocenters. The number of carbonyl (C=O) groups is 1. The standard InChI is InChI=1S/C20H25FN4O3S/c1-29(27,28)25-11-9-23(10-12-25)20(26)15-3-2-8-24(14-15)19-6-7-22-18-5-4-16(21)13-17(18)19/h4-7,13,15H,2-3,8-12,14H2,1H3. The highest BCUT2D eigenvalue weighted by Crippen LogP contribution is 2.30.